The molecule has 2 aromatic carbocycles. The van der Waals surface area contributed by atoms with E-state index in [1.165, 1.54) is 43.3 Å². The van der Waals surface area contributed by atoms with Crippen LogP contribution < -0.4 is 10.6 Å². The molecule has 0 aromatic heterocycles. The molecule has 2 aromatic rings. The van der Waals surface area contributed by atoms with Crippen LogP contribution >= 0.6 is 0 Å². The van der Waals surface area contributed by atoms with Crippen molar-refractivity contribution in [2.24, 2.45) is 0 Å². The van der Waals surface area contributed by atoms with Gasteiger partial charge in [0.1, 0.15) is 6.04 Å². The minimum absolute atomic E-state index is 0.167. The van der Waals surface area contributed by atoms with E-state index in [1.807, 2.05) is 0 Å². The van der Waals surface area contributed by atoms with Gasteiger partial charge in [0.2, 0.25) is 5.91 Å². The van der Waals surface area contributed by atoms with Crippen molar-refractivity contribution in [1.82, 2.24) is 0 Å². The van der Waals surface area contributed by atoms with Crippen molar-refractivity contribution in [3.8, 4) is 0 Å². The molecular formula is C16H14F3N3O3. The second kappa shape index (κ2) is 7.20. The molecule has 9 heteroatoms. The number of carbonyl (C=O) groups excluding carboxylic acids is 1. The minimum atomic E-state index is -4.60. The van der Waals surface area contributed by atoms with E-state index in [0.29, 0.717) is 5.69 Å². The Morgan fingerprint density at radius 1 is 1.16 bits per heavy atom. The number of halogens is 3. The number of anilines is 2. The smallest absolute Gasteiger partial charge is 0.374 e. The SMILES string of the molecule is C[C@@H](Nc1cccc([N+](=O)[O-])c1)C(=O)Nc1ccccc1C(F)(F)F. The van der Waals surface area contributed by atoms with Gasteiger partial charge in [-0.2, -0.15) is 13.2 Å². The number of nitro groups is 1. The van der Waals surface area contributed by atoms with Gasteiger partial charge in [-0.15, -0.1) is 0 Å². The molecule has 0 radical (unpaired) electrons. The third kappa shape index (κ3) is 4.69. The summed E-state index contributed by atoms with van der Waals surface area (Å²) in [5.74, 6) is -0.705. The van der Waals surface area contributed by atoms with Crippen LogP contribution in [0.4, 0.5) is 30.2 Å². The normalized spacial score (nSPS) is 12.3. The van der Waals surface area contributed by atoms with Crippen molar-refractivity contribution in [3.05, 3.63) is 64.2 Å². The average molecular weight is 353 g/mol. The highest BCUT2D eigenvalue weighted by Crippen LogP contribution is 2.34. The zero-order chi connectivity index (χ0) is 18.6. The summed E-state index contributed by atoms with van der Waals surface area (Å²) in [6.07, 6.45) is -4.60. The predicted molar refractivity (Wildman–Crippen MR) is 86.3 cm³/mol. The van der Waals surface area contributed by atoms with Gasteiger partial charge in [0, 0.05) is 17.8 Å². The molecule has 25 heavy (non-hydrogen) atoms. The maximum atomic E-state index is 12.9. The lowest BCUT2D eigenvalue weighted by molar-refractivity contribution is -0.384. The Bertz CT molecular complexity index is 793. The highest BCUT2D eigenvalue weighted by Gasteiger charge is 2.33. The second-order valence-corrected chi connectivity index (χ2v) is 5.21. The van der Waals surface area contributed by atoms with E-state index < -0.39 is 28.6 Å². The molecule has 0 bridgehead atoms. The molecule has 0 aliphatic carbocycles. The molecule has 0 heterocycles. The molecule has 1 amide bonds. The van der Waals surface area contributed by atoms with E-state index in [0.717, 1.165) is 12.1 Å². The Morgan fingerprint density at radius 2 is 1.84 bits per heavy atom. The zero-order valence-corrected chi connectivity index (χ0v) is 13.0. The summed E-state index contributed by atoms with van der Waals surface area (Å²) in [6, 6.07) is 9.18. The Kier molecular flexibility index (Phi) is 5.26. The van der Waals surface area contributed by atoms with E-state index in [1.54, 1.807) is 0 Å². The molecule has 2 N–H and O–H groups in total. The number of nitrogens with one attached hydrogen (secondary N) is 2. The van der Waals surface area contributed by atoms with Crippen LogP contribution in [0.1, 0.15) is 12.5 Å². The Morgan fingerprint density at radius 3 is 2.48 bits per heavy atom. The number of nitrogens with zero attached hydrogens (tertiary/aromatic N) is 1. The van der Waals surface area contributed by atoms with E-state index >= 15 is 0 Å². The van der Waals surface area contributed by atoms with Crippen LogP contribution in [0, 0.1) is 10.1 Å². The third-order valence-electron chi connectivity index (χ3n) is 3.32. The van der Waals surface area contributed by atoms with E-state index in [4.69, 9.17) is 0 Å². The molecule has 0 aliphatic heterocycles. The molecule has 2 rings (SSSR count). The fourth-order valence-corrected chi connectivity index (χ4v) is 2.11. The predicted octanol–water partition coefficient (Wildman–Crippen LogP) is 4.05. The number of carbonyl (C=O) groups is 1. The first-order chi connectivity index (χ1) is 11.7. The topological polar surface area (TPSA) is 84.3 Å². The summed E-state index contributed by atoms with van der Waals surface area (Å²) in [7, 11) is 0. The Balaban J connectivity index is 2.12. The van der Waals surface area contributed by atoms with Crippen molar-refractivity contribution in [3.63, 3.8) is 0 Å². The summed E-state index contributed by atoms with van der Waals surface area (Å²) >= 11 is 0. The first-order valence-corrected chi connectivity index (χ1v) is 7.16. The summed E-state index contributed by atoms with van der Waals surface area (Å²) < 4.78 is 38.8. The lowest BCUT2D eigenvalue weighted by atomic mass is 10.1. The number of benzene rings is 2. The van der Waals surface area contributed by atoms with Crippen LogP contribution in [0.2, 0.25) is 0 Å². The Labute approximate surface area is 140 Å². The molecular weight excluding hydrogens is 339 g/mol. The highest BCUT2D eigenvalue weighted by atomic mass is 19.4. The molecule has 0 saturated heterocycles. The number of rotatable bonds is 5. The number of para-hydroxylation sites is 1. The maximum absolute atomic E-state index is 12.9. The van der Waals surface area contributed by atoms with Crippen LogP contribution in [0.25, 0.3) is 0 Å². The molecule has 0 aliphatic rings. The van der Waals surface area contributed by atoms with Crippen molar-refractivity contribution in [2.45, 2.75) is 19.1 Å². The van der Waals surface area contributed by atoms with Crippen molar-refractivity contribution in [1.29, 1.82) is 0 Å². The number of hydrogen-bond donors (Lipinski definition) is 2. The number of nitro benzene ring substituents is 1. The van der Waals surface area contributed by atoms with Gasteiger partial charge in [0.05, 0.1) is 16.2 Å². The van der Waals surface area contributed by atoms with Gasteiger partial charge in [0.25, 0.3) is 5.69 Å². The molecule has 0 spiro atoms. The standard InChI is InChI=1S/C16H14F3N3O3/c1-10(20-11-5-4-6-12(9-11)22(24)25)15(23)21-14-8-3-2-7-13(14)16(17,18)19/h2-10,20H,1H3,(H,21,23)/t10-/m1/s1. The quantitative estimate of drug-likeness (QED) is 0.627. The van der Waals surface area contributed by atoms with Crippen LogP contribution in [0.15, 0.2) is 48.5 Å². The van der Waals surface area contributed by atoms with Crippen molar-refractivity contribution in [2.75, 3.05) is 10.6 Å². The van der Waals surface area contributed by atoms with Gasteiger partial charge < -0.3 is 10.6 Å². The average Bonchev–Trinajstić information content (AvgIpc) is 2.54. The lowest BCUT2D eigenvalue weighted by Gasteiger charge is -2.18. The van der Waals surface area contributed by atoms with Crippen LogP contribution in [0.5, 0.6) is 0 Å². The molecule has 0 unspecified atom stereocenters. The van der Waals surface area contributed by atoms with Crippen LogP contribution in [0.3, 0.4) is 0 Å². The van der Waals surface area contributed by atoms with Gasteiger partial charge >= 0.3 is 6.18 Å². The van der Waals surface area contributed by atoms with Gasteiger partial charge in [-0.05, 0) is 25.1 Å². The van der Waals surface area contributed by atoms with Gasteiger partial charge in [-0.1, -0.05) is 18.2 Å². The first kappa shape index (κ1) is 18.2. The Hall–Kier alpha value is -3.10. The number of hydrogen-bond acceptors (Lipinski definition) is 4. The molecule has 6 nitrogen and oxygen atoms in total. The van der Waals surface area contributed by atoms with Crippen molar-refractivity contribution < 1.29 is 22.9 Å². The number of amides is 1. The van der Waals surface area contributed by atoms with Gasteiger partial charge in [0.15, 0.2) is 0 Å². The minimum Gasteiger partial charge on any atom is -0.374 e. The summed E-state index contributed by atoms with van der Waals surface area (Å²) in [6.45, 7) is 1.43. The molecule has 0 fully saturated rings. The molecule has 132 valence electrons. The van der Waals surface area contributed by atoms with Crippen LogP contribution in [-0.4, -0.2) is 16.9 Å². The summed E-state index contributed by atoms with van der Waals surface area (Å²) in [5.41, 5.74) is -1.17. The third-order valence-corrected chi connectivity index (χ3v) is 3.32. The highest BCUT2D eigenvalue weighted by molar-refractivity contribution is 5.97. The second-order valence-electron chi connectivity index (χ2n) is 5.21. The largest absolute Gasteiger partial charge is 0.418 e. The monoisotopic (exact) mass is 353 g/mol. The summed E-state index contributed by atoms with van der Waals surface area (Å²) in [5, 5.41) is 15.7. The van der Waals surface area contributed by atoms with Crippen LogP contribution in [-0.2, 0) is 11.0 Å². The van der Waals surface area contributed by atoms with Gasteiger partial charge in [-0.25, -0.2) is 0 Å². The lowest BCUT2D eigenvalue weighted by Crippen LogP contribution is -2.32. The first-order valence-electron chi connectivity index (χ1n) is 7.16. The van der Waals surface area contributed by atoms with E-state index in [9.17, 15) is 28.1 Å². The molecule has 0 saturated carbocycles. The van der Waals surface area contributed by atoms with Crippen molar-refractivity contribution >= 4 is 23.0 Å². The number of alkyl halides is 3. The van der Waals surface area contributed by atoms with E-state index in [2.05, 4.69) is 10.6 Å². The zero-order valence-electron chi connectivity index (χ0n) is 13.0. The molecule has 1 atom stereocenters. The fourth-order valence-electron chi connectivity index (χ4n) is 2.11. The number of non-ortho nitro benzene ring substituents is 1. The summed E-state index contributed by atoms with van der Waals surface area (Å²) in [4.78, 5) is 22.3. The maximum Gasteiger partial charge on any atom is 0.418 e. The fraction of sp³-hybridized carbons (Fsp3) is 0.188. The van der Waals surface area contributed by atoms with E-state index in [-0.39, 0.29) is 11.4 Å². The van der Waals surface area contributed by atoms with Gasteiger partial charge in [-0.3, -0.25) is 14.9 Å².